The zero-order valence-corrected chi connectivity index (χ0v) is 60.5. The molecule has 6 saturated carbocycles. The number of ether oxygens (including phenoxy) is 3. The Morgan fingerprint density at radius 2 is 0.762 bits per heavy atom. The number of rotatable bonds is 5. The van der Waals surface area contributed by atoms with Crippen molar-refractivity contribution in [2.45, 2.75) is 264 Å². The second-order valence-electron chi connectivity index (χ2n) is 36.6. The third kappa shape index (κ3) is 9.28. The van der Waals surface area contributed by atoms with Crippen LogP contribution < -0.4 is 0 Å². The highest BCUT2D eigenvalue weighted by atomic mass is 16.5. The molecule has 5 saturated heterocycles. The molecule has 6 unspecified atom stereocenters. The number of pyridine rings is 3. The van der Waals surface area contributed by atoms with Gasteiger partial charge in [-0.3, -0.25) is 19.7 Å². The molecule has 522 valence electrons. The molecule has 23 rings (SSSR count). The summed E-state index contributed by atoms with van der Waals surface area (Å²) >= 11 is 0. The van der Waals surface area contributed by atoms with Crippen molar-refractivity contribution in [3.63, 3.8) is 0 Å². The Kier molecular flexibility index (Phi) is 14.4. The predicted octanol–water partition coefficient (Wildman–Crippen LogP) is 19.9. The minimum Gasteiger partial charge on any atom is -0.359 e. The molecular formula is C92H105N5O4. The lowest BCUT2D eigenvalue weighted by Gasteiger charge is -2.55. The average Bonchev–Trinajstić information content (AvgIpc) is 1.56. The van der Waals surface area contributed by atoms with E-state index in [-0.39, 0.29) is 49.9 Å². The van der Waals surface area contributed by atoms with Gasteiger partial charge in [0.2, 0.25) is 0 Å². The van der Waals surface area contributed by atoms with Crippen molar-refractivity contribution in [1.29, 1.82) is 0 Å². The second kappa shape index (κ2) is 22.9. The summed E-state index contributed by atoms with van der Waals surface area (Å²) in [6.45, 7) is 12.9. The van der Waals surface area contributed by atoms with Gasteiger partial charge in [0.15, 0.2) is 0 Å². The summed E-state index contributed by atoms with van der Waals surface area (Å²) in [5.74, 6) is 3.87. The minimum atomic E-state index is -0.294. The van der Waals surface area contributed by atoms with Crippen LogP contribution in [0.4, 0.5) is 0 Å². The van der Waals surface area contributed by atoms with Crippen LogP contribution in [-0.2, 0) is 19.0 Å². The number of carbonyl (C=O) groups is 1. The fourth-order valence-electron chi connectivity index (χ4n) is 27.4. The van der Waals surface area contributed by atoms with Gasteiger partial charge >= 0.3 is 0 Å². The molecule has 3 aromatic heterocycles. The minimum absolute atomic E-state index is 0.0216. The van der Waals surface area contributed by atoms with Crippen molar-refractivity contribution in [3.8, 4) is 0 Å². The lowest BCUT2D eigenvalue weighted by atomic mass is 9.58. The quantitative estimate of drug-likeness (QED) is 0.167. The largest absolute Gasteiger partial charge is 0.359 e. The van der Waals surface area contributed by atoms with E-state index in [9.17, 15) is 4.79 Å². The van der Waals surface area contributed by atoms with E-state index in [1.807, 2.05) is 37.2 Å². The van der Waals surface area contributed by atoms with Gasteiger partial charge in [0, 0.05) is 78.3 Å². The van der Waals surface area contributed by atoms with Crippen LogP contribution >= 0.6 is 0 Å². The fraction of sp³-hybridized carbons (Fsp3) is 0.565. The van der Waals surface area contributed by atoms with Crippen LogP contribution in [0.3, 0.4) is 0 Å². The molecule has 9 heteroatoms. The lowest BCUT2D eigenvalue weighted by Crippen LogP contribution is -2.55. The Balaban J connectivity index is 0.0000000991. The number of likely N-dealkylation sites (tertiary alicyclic amines) is 2. The first-order chi connectivity index (χ1) is 49.2. The van der Waals surface area contributed by atoms with Crippen LogP contribution in [0.15, 0.2) is 180 Å². The summed E-state index contributed by atoms with van der Waals surface area (Å²) < 4.78 is 22.2. The number of hydrogen-bond acceptors (Lipinski definition) is 9. The molecule has 0 radical (unpaired) electrons. The standard InChI is InChI=1S/2C32H38N2O.C28H29NO2/c2*1-30-12-10-26-19-25-6-7-27(34-16-2-3-17-34)20-31(25)13-14-32(26,35-31)29(30)9-8-28(30)23-5-4-22-11-15-33-21-24(22)18-23;1-26-10-8-22-15-21-4-5-23(30)16-27(21)11-12-28(22,31-27)25(26)7-6-24(26)19-3-2-18-9-13-29-17-20(18)14-19/h2*4-5,10-11,15,18-19,21,27-29H,2-3,6-9,12-14,16-17,20H2,1H3;2-3,8-9,13-15,17,24-25H,4-7,10-12,16H2,1H3/t27-,28?,29+,30+,31+,32?;27-,28?,29-,30-,31-,32?;24?,25-,26-,27-,28?/m011/s1. The molecule has 3 aromatic carbocycles. The molecular weight excluding hydrogens is 1240 g/mol. The van der Waals surface area contributed by atoms with Crippen molar-refractivity contribution in [3.05, 3.63) is 197 Å². The highest BCUT2D eigenvalue weighted by Gasteiger charge is 2.70. The molecule has 11 fully saturated rings. The Morgan fingerprint density at radius 1 is 0.396 bits per heavy atom. The molecule has 0 N–H and O–H groups in total. The first-order valence-electron chi connectivity index (χ1n) is 40.6. The maximum atomic E-state index is 12.4. The number of fused-ring (bicyclic) bond motifs is 6. The number of aromatic nitrogens is 3. The number of ketones is 1. The SMILES string of the molecule is C[C@]12CC=C3C=C4CCC(=O)C[C@]45CCC3(O5)[C@@H]1CCC2c1ccc2ccncc2c1.C[C@]12CC=C3C=C4CC[C@@H](N5CCCC5)C[C@]45CCC3(O5)[C@@H]1CCC2c1ccc2ccncc2c1.C[C@]12CC=C3C=C4CC[C@H](N5CCCC5)C[C@]45CCC3(O5)[C@@H]1CCC2c1ccc2ccncc2c1. The molecule has 6 spiro atoms. The maximum absolute atomic E-state index is 12.4. The predicted molar refractivity (Wildman–Crippen MR) is 401 cm³/mol. The summed E-state index contributed by atoms with van der Waals surface area (Å²) in [6, 6.07) is 29.0. The molecule has 17 aliphatic rings. The lowest BCUT2D eigenvalue weighted by molar-refractivity contribution is -0.146. The molecule has 8 aliphatic heterocycles. The number of hydrogen-bond donors (Lipinski definition) is 0. The summed E-state index contributed by atoms with van der Waals surface area (Å²) in [6.07, 6.45) is 60.5. The third-order valence-corrected chi connectivity index (χ3v) is 32.3. The third-order valence-electron chi connectivity index (χ3n) is 32.3. The zero-order valence-electron chi connectivity index (χ0n) is 60.5. The van der Waals surface area contributed by atoms with Gasteiger partial charge in [-0.15, -0.1) is 0 Å². The molecule has 11 heterocycles. The van der Waals surface area contributed by atoms with Gasteiger partial charge in [-0.25, -0.2) is 0 Å². The average molecular weight is 1340 g/mol. The molecule has 6 aromatic rings. The number of benzene rings is 3. The molecule has 6 bridgehead atoms. The first-order valence-corrected chi connectivity index (χ1v) is 40.6. The molecule has 9 nitrogen and oxygen atoms in total. The zero-order chi connectivity index (χ0) is 67.4. The number of Topliss-reactive ketones (excluding diaryl/α,β-unsaturated/α-hetero) is 1. The van der Waals surface area contributed by atoms with Crippen molar-refractivity contribution in [2.75, 3.05) is 26.2 Å². The molecule has 17 atom stereocenters. The van der Waals surface area contributed by atoms with E-state index in [1.54, 1.807) is 22.3 Å². The Labute approximate surface area is 599 Å². The number of allylic oxidation sites excluding steroid dienone is 3. The van der Waals surface area contributed by atoms with Crippen molar-refractivity contribution in [1.82, 2.24) is 24.8 Å². The Bertz CT molecular complexity index is 4430. The van der Waals surface area contributed by atoms with Gasteiger partial charge in [-0.1, -0.05) is 93.6 Å². The van der Waals surface area contributed by atoms with Crippen LogP contribution in [0.2, 0.25) is 0 Å². The van der Waals surface area contributed by atoms with Gasteiger partial charge in [-0.2, -0.15) is 0 Å². The van der Waals surface area contributed by atoms with Crippen LogP contribution in [0, 0.1) is 34.0 Å². The molecule has 9 aliphatic carbocycles. The van der Waals surface area contributed by atoms with E-state index in [0.717, 1.165) is 37.8 Å². The van der Waals surface area contributed by atoms with E-state index < -0.39 is 0 Å². The topological polar surface area (TPSA) is 89.9 Å². The smallest absolute Gasteiger partial charge is 0.136 e. The van der Waals surface area contributed by atoms with Gasteiger partial charge in [0.1, 0.15) is 5.78 Å². The summed E-state index contributed by atoms with van der Waals surface area (Å²) in [5.41, 5.74) is 13.8. The second-order valence-corrected chi connectivity index (χ2v) is 36.6. The van der Waals surface area contributed by atoms with Gasteiger partial charge in [0.25, 0.3) is 0 Å². The molecule has 101 heavy (non-hydrogen) atoms. The van der Waals surface area contributed by atoms with Crippen LogP contribution in [0.25, 0.3) is 32.3 Å². The van der Waals surface area contributed by atoms with E-state index in [0.29, 0.717) is 54.1 Å². The highest BCUT2D eigenvalue weighted by Crippen LogP contribution is 2.73. The summed E-state index contributed by atoms with van der Waals surface area (Å²) in [4.78, 5) is 31.1. The monoisotopic (exact) mass is 1340 g/mol. The van der Waals surface area contributed by atoms with Gasteiger partial charge < -0.3 is 24.0 Å². The van der Waals surface area contributed by atoms with Crippen LogP contribution in [0.1, 0.15) is 235 Å². The van der Waals surface area contributed by atoms with Gasteiger partial charge in [0.05, 0.1) is 33.6 Å². The number of carbonyl (C=O) groups excluding carboxylic acids is 1. The first kappa shape index (κ1) is 63.3. The van der Waals surface area contributed by atoms with Crippen molar-refractivity contribution in [2.24, 2.45) is 34.0 Å². The van der Waals surface area contributed by atoms with Crippen molar-refractivity contribution < 1.29 is 19.0 Å². The van der Waals surface area contributed by atoms with E-state index in [2.05, 4.69) is 155 Å². The van der Waals surface area contributed by atoms with Crippen LogP contribution in [0.5, 0.6) is 0 Å². The van der Waals surface area contributed by atoms with E-state index >= 15 is 0 Å². The maximum Gasteiger partial charge on any atom is 0.136 e. The summed E-state index contributed by atoms with van der Waals surface area (Å²) in [7, 11) is 0. The van der Waals surface area contributed by atoms with E-state index in [4.69, 9.17) is 14.2 Å². The number of nitrogens with zero attached hydrogens (tertiary/aromatic N) is 5. The summed E-state index contributed by atoms with van der Waals surface area (Å²) in [5, 5.41) is 7.64. The highest BCUT2D eigenvalue weighted by molar-refractivity contribution is 5.85. The normalized spacial score (nSPS) is 41.9. The molecule has 0 amide bonds. The Morgan fingerprint density at radius 3 is 1.16 bits per heavy atom. The van der Waals surface area contributed by atoms with Crippen LogP contribution in [-0.4, -0.2) is 102 Å². The van der Waals surface area contributed by atoms with Crippen molar-refractivity contribution >= 4 is 38.1 Å². The fourth-order valence-corrected chi connectivity index (χ4v) is 27.4. The Hall–Kier alpha value is -6.20. The van der Waals surface area contributed by atoms with E-state index in [1.165, 1.54) is 228 Å². The van der Waals surface area contributed by atoms with Gasteiger partial charge in [-0.05, 0) is 348 Å².